The smallest absolute Gasteiger partial charge is 0.338 e. The van der Waals surface area contributed by atoms with Crippen LogP contribution in [0, 0.1) is 5.82 Å². The minimum Gasteiger partial charge on any atom is -0.478 e. The van der Waals surface area contributed by atoms with Gasteiger partial charge in [0.2, 0.25) is 10.0 Å². The van der Waals surface area contributed by atoms with E-state index in [4.69, 9.17) is 10.2 Å². The summed E-state index contributed by atoms with van der Waals surface area (Å²) in [7, 11) is -4.03. The van der Waals surface area contributed by atoms with Crippen molar-refractivity contribution < 1.29 is 27.8 Å². The molecule has 0 spiro atoms. The molecule has 0 unspecified atom stereocenters. The van der Waals surface area contributed by atoms with Crippen molar-refractivity contribution in [2.24, 2.45) is 0 Å². The lowest BCUT2D eigenvalue weighted by atomic mass is 10.2. The molecule has 20 heavy (non-hydrogen) atoms. The third-order valence-corrected chi connectivity index (χ3v) is 4.35. The Labute approximate surface area is 115 Å². The Hall–Kier alpha value is -1.77. The van der Waals surface area contributed by atoms with Gasteiger partial charge in [-0.1, -0.05) is 6.08 Å². The number of carbonyl (C=O) groups is 1. The van der Waals surface area contributed by atoms with Crippen LogP contribution in [0.25, 0.3) is 0 Å². The summed E-state index contributed by atoms with van der Waals surface area (Å²) in [6.07, 6.45) is 1.33. The van der Waals surface area contributed by atoms with Crippen LogP contribution in [-0.4, -0.2) is 48.6 Å². The van der Waals surface area contributed by atoms with Crippen LogP contribution in [0.1, 0.15) is 10.4 Å². The molecule has 1 rings (SSSR count). The van der Waals surface area contributed by atoms with Crippen molar-refractivity contribution in [1.29, 1.82) is 0 Å². The van der Waals surface area contributed by atoms with Gasteiger partial charge in [0.1, 0.15) is 5.82 Å². The van der Waals surface area contributed by atoms with Crippen LogP contribution in [0.4, 0.5) is 4.39 Å². The van der Waals surface area contributed by atoms with Crippen molar-refractivity contribution in [2.45, 2.75) is 4.90 Å². The molecule has 0 radical (unpaired) electrons. The summed E-state index contributed by atoms with van der Waals surface area (Å²) < 4.78 is 38.7. The van der Waals surface area contributed by atoms with Gasteiger partial charge in [-0.15, -0.1) is 6.58 Å². The first kappa shape index (κ1) is 16.3. The number of halogens is 1. The van der Waals surface area contributed by atoms with E-state index in [-0.39, 0.29) is 18.0 Å². The Kier molecular flexibility index (Phi) is 5.37. The second-order valence-corrected chi connectivity index (χ2v) is 5.76. The SMILES string of the molecule is C=CCN(CCO)S(=O)(=O)c1ccc(F)c(C(=O)O)c1. The first-order valence-electron chi connectivity index (χ1n) is 5.59. The maximum Gasteiger partial charge on any atom is 0.338 e. The van der Waals surface area contributed by atoms with Crippen molar-refractivity contribution in [3.8, 4) is 0 Å². The fourth-order valence-corrected chi connectivity index (χ4v) is 2.97. The first-order chi connectivity index (χ1) is 9.34. The van der Waals surface area contributed by atoms with Gasteiger partial charge in [0.05, 0.1) is 17.1 Å². The normalized spacial score (nSPS) is 11.6. The lowest BCUT2D eigenvalue weighted by Gasteiger charge is -2.19. The zero-order valence-electron chi connectivity index (χ0n) is 10.5. The number of carboxylic acids is 1. The van der Waals surface area contributed by atoms with E-state index in [1.165, 1.54) is 6.08 Å². The van der Waals surface area contributed by atoms with Crippen molar-refractivity contribution in [3.63, 3.8) is 0 Å². The quantitative estimate of drug-likeness (QED) is 0.723. The molecule has 0 aliphatic heterocycles. The Balaban J connectivity index is 3.30. The maximum absolute atomic E-state index is 13.3. The lowest BCUT2D eigenvalue weighted by molar-refractivity contribution is 0.0691. The molecule has 0 fully saturated rings. The summed E-state index contributed by atoms with van der Waals surface area (Å²) in [5.74, 6) is -2.58. The molecule has 0 atom stereocenters. The van der Waals surface area contributed by atoms with Crippen molar-refractivity contribution in [1.82, 2.24) is 4.31 Å². The largest absolute Gasteiger partial charge is 0.478 e. The van der Waals surface area contributed by atoms with E-state index < -0.39 is 34.0 Å². The van der Waals surface area contributed by atoms with Crippen molar-refractivity contribution in [2.75, 3.05) is 19.7 Å². The van der Waals surface area contributed by atoms with E-state index in [2.05, 4.69) is 6.58 Å². The molecule has 0 amide bonds. The summed E-state index contributed by atoms with van der Waals surface area (Å²) in [5, 5.41) is 17.7. The highest BCUT2D eigenvalue weighted by Gasteiger charge is 2.25. The summed E-state index contributed by atoms with van der Waals surface area (Å²) in [6.45, 7) is 2.78. The summed E-state index contributed by atoms with van der Waals surface area (Å²) >= 11 is 0. The monoisotopic (exact) mass is 303 g/mol. The first-order valence-corrected chi connectivity index (χ1v) is 7.03. The van der Waals surface area contributed by atoms with Gasteiger partial charge in [0.15, 0.2) is 0 Å². The number of rotatable bonds is 7. The number of hydrogen-bond acceptors (Lipinski definition) is 4. The molecule has 6 nitrogen and oxygen atoms in total. The fraction of sp³-hybridized carbons (Fsp3) is 0.250. The minimum atomic E-state index is -4.03. The molecule has 0 heterocycles. The van der Waals surface area contributed by atoms with Crippen LogP contribution < -0.4 is 0 Å². The molecular weight excluding hydrogens is 289 g/mol. The number of carboxylic acid groups (broad SMARTS) is 1. The van der Waals surface area contributed by atoms with E-state index in [1.54, 1.807) is 0 Å². The molecule has 110 valence electrons. The molecule has 0 saturated carbocycles. The third-order valence-electron chi connectivity index (χ3n) is 2.49. The summed E-state index contributed by atoms with van der Waals surface area (Å²) in [4.78, 5) is 10.5. The maximum atomic E-state index is 13.3. The lowest BCUT2D eigenvalue weighted by Crippen LogP contribution is -2.33. The molecule has 0 saturated heterocycles. The van der Waals surface area contributed by atoms with Crippen LogP contribution in [-0.2, 0) is 10.0 Å². The highest BCUT2D eigenvalue weighted by atomic mass is 32.2. The number of aliphatic hydroxyl groups excluding tert-OH is 1. The standard InChI is InChI=1S/C12H14FNO5S/c1-2-5-14(6-7-15)20(18,19)9-3-4-11(13)10(8-9)12(16)17/h2-4,8,15H,1,5-7H2,(H,16,17). The van der Waals surface area contributed by atoms with Gasteiger partial charge in [-0.05, 0) is 18.2 Å². The second kappa shape index (κ2) is 6.60. The van der Waals surface area contributed by atoms with E-state index in [1.807, 2.05) is 0 Å². The molecule has 1 aromatic carbocycles. The van der Waals surface area contributed by atoms with Crippen LogP contribution >= 0.6 is 0 Å². The van der Waals surface area contributed by atoms with Gasteiger partial charge in [0, 0.05) is 13.1 Å². The predicted octanol–water partition coefficient (Wildman–Crippen LogP) is 0.693. The highest BCUT2D eigenvalue weighted by molar-refractivity contribution is 7.89. The van der Waals surface area contributed by atoms with Crippen LogP contribution in [0.5, 0.6) is 0 Å². The number of sulfonamides is 1. The summed E-state index contributed by atoms with van der Waals surface area (Å²) in [5.41, 5.74) is -0.728. The number of benzene rings is 1. The average molecular weight is 303 g/mol. The Morgan fingerprint density at radius 3 is 2.60 bits per heavy atom. The third kappa shape index (κ3) is 3.41. The average Bonchev–Trinajstić information content (AvgIpc) is 2.38. The zero-order chi connectivity index (χ0) is 15.3. The molecule has 0 aromatic heterocycles. The van der Waals surface area contributed by atoms with Crippen LogP contribution in [0.2, 0.25) is 0 Å². The van der Waals surface area contributed by atoms with E-state index in [0.29, 0.717) is 0 Å². The second-order valence-electron chi connectivity index (χ2n) is 3.82. The molecule has 0 aliphatic rings. The predicted molar refractivity (Wildman–Crippen MR) is 69.4 cm³/mol. The van der Waals surface area contributed by atoms with Gasteiger partial charge in [0.25, 0.3) is 0 Å². The topological polar surface area (TPSA) is 94.9 Å². The number of hydrogen-bond donors (Lipinski definition) is 2. The number of nitrogens with zero attached hydrogens (tertiary/aromatic N) is 1. The highest BCUT2D eigenvalue weighted by Crippen LogP contribution is 2.19. The molecular formula is C12H14FNO5S. The van der Waals surface area contributed by atoms with Crippen LogP contribution in [0.15, 0.2) is 35.7 Å². The van der Waals surface area contributed by atoms with Gasteiger partial charge in [-0.3, -0.25) is 0 Å². The Morgan fingerprint density at radius 2 is 2.10 bits per heavy atom. The van der Waals surface area contributed by atoms with Crippen molar-refractivity contribution >= 4 is 16.0 Å². The minimum absolute atomic E-state index is 0.0529. The van der Waals surface area contributed by atoms with E-state index in [9.17, 15) is 17.6 Å². The van der Waals surface area contributed by atoms with Gasteiger partial charge in [-0.2, -0.15) is 4.31 Å². The number of aliphatic hydroxyl groups is 1. The van der Waals surface area contributed by atoms with Gasteiger partial charge in [-0.25, -0.2) is 17.6 Å². The molecule has 8 heteroatoms. The van der Waals surface area contributed by atoms with E-state index >= 15 is 0 Å². The number of aromatic carboxylic acids is 1. The fourth-order valence-electron chi connectivity index (χ4n) is 1.54. The Morgan fingerprint density at radius 1 is 1.45 bits per heavy atom. The van der Waals surface area contributed by atoms with Gasteiger partial charge >= 0.3 is 5.97 Å². The van der Waals surface area contributed by atoms with Crippen LogP contribution in [0.3, 0.4) is 0 Å². The van der Waals surface area contributed by atoms with E-state index in [0.717, 1.165) is 22.5 Å². The molecule has 0 aliphatic carbocycles. The molecule has 0 bridgehead atoms. The summed E-state index contributed by atoms with van der Waals surface area (Å²) in [6, 6.07) is 2.51. The van der Waals surface area contributed by atoms with Crippen molar-refractivity contribution in [3.05, 3.63) is 42.2 Å². The van der Waals surface area contributed by atoms with Gasteiger partial charge < -0.3 is 10.2 Å². The molecule has 2 N–H and O–H groups in total. The molecule has 1 aromatic rings. The zero-order valence-corrected chi connectivity index (χ0v) is 11.3. The Bertz CT molecular complexity index is 614.